The minimum Gasteiger partial charge on any atom is -0.456 e. The molecule has 0 unspecified atom stereocenters. The molecule has 0 amide bonds. The fourth-order valence-electron chi connectivity index (χ4n) is 6.32. The van der Waals surface area contributed by atoms with Gasteiger partial charge in [0.2, 0.25) is 0 Å². The van der Waals surface area contributed by atoms with Gasteiger partial charge >= 0.3 is 0 Å². The Morgan fingerprint density at radius 3 is 2.10 bits per heavy atom. The first kappa shape index (κ1) is 20.7. The lowest BCUT2D eigenvalue weighted by molar-refractivity contribution is 0.663. The third-order valence-electron chi connectivity index (χ3n) is 8.00. The summed E-state index contributed by atoms with van der Waals surface area (Å²) >= 11 is 0. The average molecular weight is 500 g/mol. The van der Waals surface area contributed by atoms with Gasteiger partial charge in [0.15, 0.2) is 0 Å². The van der Waals surface area contributed by atoms with Crippen molar-refractivity contribution >= 4 is 65.7 Å². The molecule has 0 saturated heterocycles. The molecule has 0 aliphatic rings. The fourth-order valence-corrected chi connectivity index (χ4v) is 6.32. The number of fused-ring (bicyclic) bond motifs is 10. The van der Waals surface area contributed by atoms with Crippen LogP contribution in [0.5, 0.6) is 0 Å². The number of para-hydroxylation sites is 3. The van der Waals surface area contributed by atoms with E-state index in [0.29, 0.717) is 0 Å². The van der Waals surface area contributed by atoms with Crippen LogP contribution in [0.25, 0.3) is 82.5 Å². The fraction of sp³-hybridized carbons (Fsp3) is 0. The van der Waals surface area contributed by atoms with Crippen molar-refractivity contribution in [3.8, 4) is 16.8 Å². The molecule has 9 aromatic rings. The summed E-state index contributed by atoms with van der Waals surface area (Å²) in [4.78, 5) is 0. The SMILES string of the molecule is c1ccc(-n2c3ccccc3c3cc(-c4cccc5oc6ccc7c8ccccc8oc7c6c45)ccc32)cc1. The van der Waals surface area contributed by atoms with Gasteiger partial charge < -0.3 is 13.4 Å². The highest BCUT2D eigenvalue weighted by Gasteiger charge is 2.20. The molecule has 0 bridgehead atoms. The van der Waals surface area contributed by atoms with E-state index in [2.05, 4.69) is 114 Å². The molecule has 0 radical (unpaired) electrons. The standard InChI is InChI=1S/C36H21NO2/c1-2-9-23(10-3-1)37-29-14-6-4-11-25(29)28-21-22(17-19-30(28)37)24-13-8-16-32-34(24)35-33(38-32)20-18-27-26-12-5-7-15-31(26)39-36(27)35/h1-21H. The van der Waals surface area contributed by atoms with Crippen molar-refractivity contribution in [1.82, 2.24) is 4.57 Å². The first-order chi connectivity index (χ1) is 19.3. The molecule has 9 rings (SSSR count). The average Bonchev–Trinajstić information content (AvgIpc) is 3.66. The molecule has 0 aliphatic carbocycles. The smallest absolute Gasteiger partial charge is 0.147 e. The minimum atomic E-state index is 0.839. The van der Waals surface area contributed by atoms with Crippen LogP contribution < -0.4 is 0 Å². The van der Waals surface area contributed by atoms with Crippen molar-refractivity contribution in [2.24, 2.45) is 0 Å². The summed E-state index contributed by atoms with van der Waals surface area (Å²) in [6, 6.07) is 44.7. The predicted molar refractivity (Wildman–Crippen MR) is 161 cm³/mol. The monoisotopic (exact) mass is 499 g/mol. The maximum absolute atomic E-state index is 6.44. The molecule has 3 heterocycles. The van der Waals surface area contributed by atoms with E-state index in [1.54, 1.807) is 0 Å². The van der Waals surface area contributed by atoms with Crippen LogP contribution in [0.1, 0.15) is 0 Å². The minimum absolute atomic E-state index is 0.839. The third-order valence-corrected chi connectivity index (χ3v) is 8.00. The summed E-state index contributed by atoms with van der Waals surface area (Å²) in [5.41, 5.74) is 9.31. The molecule has 0 saturated carbocycles. The zero-order valence-corrected chi connectivity index (χ0v) is 20.9. The van der Waals surface area contributed by atoms with Crippen LogP contribution in [0.3, 0.4) is 0 Å². The lowest BCUT2D eigenvalue weighted by Gasteiger charge is -2.08. The number of benzene rings is 6. The van der Waals surface area contributed by atoms with Gasteiger partial charge in [0.05, 0.1) is 16.4 Å². The summed E-state index contributed by atoms with van der Waals surface area (Å²) in [5.74, 6) is 0. The van der Waals surface area contributed by atoms with Gasteiger partial charge in [-0.25, -0.2) is 0 Å². The molecule has 0 aliphatic heterocycles. The Morgan fingerprint density at radius 2 is 1.18 bits per heavy atom. The maximum atomic E-state index is 6.44. The molecule has 3 aromatic heterocycles. The highest BCUT2D eigenvalue weighted by atomic mass is 16.3. The molecule has 0 atom stereocenters. The lowest BCUT2D eigenvalue weighted by atomic mass is 9.97. The second-order valence-electron chi connectivity index (χ2n) is 10.1. The Balaban J connectivity index is 1.37. The van der Waals surface area contributed by atoms with Crippen molar-refractivity contribution in [3.05, 3.63) is 127 Å². The largest absolute Gasteiger partial charge is 0.456 e. The van der Waals surface area contributed by atoms with Gasteiger partial charge in [-0.1, -0.05) is 72.8 Å². The first-order valence-corrected chi connectivity index (χ1v) is 13.2. The highest BCUT2D eigenvalue weighted by molar-refractivity contribution is 6.25. The van der Waals surface area contributed by atoms with Gasteiger partial charge in [0.25, 0.3) is 0 Å². The molecule has 6 aromatic carbocycles. The highest BCUT2D eigenvalue weighted by Crippen LogP contribution is 2.43. The molecule has 0 N–H and O–H groups in total. The van der Waals surface area contributed by atoms with E-state index < -0.39 is 0 Å². The van der Waals surface area contributed by atoms with Gasteiger partial charge in [0, 0.05) is 32.6 Å². The van der Waals surface area contributed by atoms with Crippen molar-refractivity contribution in [2.45, 2.75) is 0 Å². The van der Waals surface area contributed by atoms with E-state index in [1.165, 1.54) is 21.8 Å². The Kier molecular flexibility index (Phi) is 4.05. The Labute approximate surface area is 223 Å². The molecule has 3 heteroatoms. The second kappa shape index (κ2) is 7.62. The van der Waals surface area contributed by atoms with Crippen LogP contribution in [0.2, 0.25) is 0 Å². The van der Waals surface area contributed by atoms with Crippen molar-refractivity contribution < 1.29 is 8.83 Å². The van der Waals surface area contributed by atoms with Crippen LogP contribution in [-0.4, -0.2) is 4.57 Å². The van der Waals surface area contributed by atoms with Gasteiger partial charge in [-0.05, 0) is 65.7 Å². The second-order valence-corrected chi connectivity index (χ2v) is 10.1. The van der Waals surface area contributed by atoms with E-state index in [-0.39, 0.29) is 0 Å². The van der Waals surface area contributed by atoms with Crippen LogP contribution in [0, 0.1) is 0 Å². The van der Waals surface area contributed by atoms with Gasteiger partial charge in [0.1, 0.15) is 22.3 Å². The summed E-state index contributed by atoms with van der Waals surface area (Å²) < 4.78 is 15.2. The molecule has 0 spiro atoms. The molecular weight excluding hydrogens is 478 g/mol. The van der Waals surface area contributed by atoms with E-state index in [9.17, 15) is 0 Å². The van der Waals surface area contributed by atoms with Crippen LogP contribution in [0.4, 0.5) is 0 Å². The summed E-state index contributed by atoms with van der Waals surface area (Å²) in [7, 11) is 0. The van der Waals surface area contributed by atoms with E-state index in [1.807, 2.05) is 18.2 Å². The van der Waals surface area contributed by atoms with Crippen LogP contribution >= 0.6 is 0 Å². The quantitative estimate of drug-likeness (QED) is 0.237. The molecular formula is C36H21NO2. The predicted octanol–water partition coefficient (Wildman–Crippen LogP) is 10.2. The van der Waals surface area contributed by atoms with E-state index >= 15 is 0 Å². The Morgan fingerprint density at radius 1 is 0.436 bits per heavy atom. The number of nitrogens with zero attached hydrogens (tertiary/aromatic N) is 1. The Hall–Kier alpha value is -5.28. The normalized spacial score (nSPS) is 12.1. The Bertz CT molecular complexity index is 2390. The molecule has 0 fully saturated rings. The van der Waals surface area contributed by atoms with Gasteiger partial charge in [-0.15, -0.1) is 0 Å². The van der Waals surface area contributed by atoms with E-state index in [0.717, 1.165) is 60.7 Å². The van der Waals surface area contributed by atoms with Crippen molar-refractivity contribution in [2.75, 3.05) is 0 Å². The van der Waals surface area contributed by atoms with Crippen LogP contribution in [0.15, 0.2) is 136 Å². The topological polar surface area (TPSA) is 31.2 Å². The van der Waals surface area contributed by atoms with Crippen molar-refractivity contribution in [3.63, 3.8) is 0 Å². The van der Waals surface area contributed by atoms with E-state index in [4.69, 9.17) is 8.83 Å². The summed E-state index contributed by atoms with van der Waals surface area (Å²) in [6.45, 7) is 0. The number of hydrogen-bond acceptors (Lipinski definition) is 2. The number of aromatic nitrogens is 1. The zero-order chi connectivity index (χ0) is 25.5. The summed E-state index contributed by atoms with van der Waals surface area (Å²) in [5, 5.41) is 6.81. The number of furan rings is 2. The van der Waals surface area contributed by atoms with Gasteiger partial charge in [-0.2, -0.15) is 0 Å². The zero-order valence-electron chi connectivity index (χ0n) is 20.9. The first-order valence-electron chi connectivity index (χ1n) is 13.2. The van der Waals surface area contributed by atoms with Crippen molar-refractivity contribution in [1.29, 1.82) is 0 Å². The number of rotatable bonds is 2. The summed E-state index contributed by atoms with van der Waals surface area (Å²) in [6.07, 6.45) is 0. The molecule has 39 heavy (non-hydrogen) atoms. The van der Waals surface area contributed by atoms with Gasteiger partial charge in [-0.3, -0.25) is 0 Å². The maximum Gasteiger partial charge on any atom is 0.147 e. The lowest BCUT2D eigenvalue weighted by Crippen LogP contribution is -1.92. The van der Waals surface area contributed by atoms with Crippen LogP contribution in [-0.2, 0) is 0 Å². The number of hydrogen-bond donors (Lipinski definition) is 0. The molecule has 3 nitrogen and oxygen atoms in total. The third kappa shape index (κ3) is 2.82. The molecule has 182 valence electrons.